The monoisotopic (exact) mass is 160 g/mol. The maximum atomic E-state index is 9.66. The van der Waals surface area contributed by atoms with Gasteiger partial charge in [-0.3, -0.25) is 0 Å². The van der Waals surface area contributed by atoms with Crippen LogP contribution in [0.4, 0.5) is 0 Å². The Bertz CT molecular complexity index is 144. The van der Waals surface area contributed by atoms with Gasteiger partial charge in [-0.25, -0.2) is 0 Å². The molecule has 0 aromatic rings. The molecule has 0 aliphatic carbocycles. The molecule has 4 atom stereocenters. The molecule has 0 amide bonds. The van der Waals surface area contributed by atoms with Crippen molar-refractivity contribution in [1.82, 2.24) is 0 Å². The van der Waals surface area contributed by atoms with Gasteiger partial charge in [-0.05, 0) is 13.3 Å². The summed E-state index contributed by atoms with van der Waals surface area (Å²) in [6.07, 6.45) is -0.212. The summed E-state index contributed by atoms with van der Waals surface area (Å²) in [7, 11) is 0. The molecule has 1 heterocycles. The first-order chi connectivity index (χ1) is 5.00. The van der Waals surface area contributed by atoms with Crippen LogP contribution < -0.4 is 0 Å². The van der Waals surface area contributed by atoms with E-state index in [9.17, 15) is 10.2 Å². The molecule has 0 saturated carbocycles. The summed E-state index contributed by atoms with van der Waals surface area (Å²) in [4.78, 5) is 0. The minimum atomic E-state index is -1.08. The molecule has 0 aromatic carbocycles. The van der Waals surface area contributed by atoms with Gasteiger partial charge < -0.3 is 14.9 Å². The van der Waals surface area contributed by atoms with E-state index in [1.807, 2.05) is 13.8 Å². The lowest BCUT2D eigenvalue weighted by molar-refractivity contribution is -0.164. The molecule has 0 aromatic heterocycles. The Kier molecular flexibility index (Phi) is 2.23. The maximum Gasteiger partial charge on any atom is 0.184 e. The molecular formula is C8H16O3. The minimum Gasteiger partial charge on any atom is -0.384 e. The van der Waals surface area contributed by atoms with E-state index in [1.165, 1.54) is 0 Å². The summed E-state index contributed by atoms with van der Waals surface area (Å²) in [5, 5.41) is 18.9. The van der Waals surface area contributed by atoms with Crippen LogP contribution in [0.2, 0.25) is 0 Å². The van der Waals surface area contributed by atoms with E-state index in [1.54, 1.807) is 6.92 Å². The van der Waals surface area contributed by atoms with Gasteiger partial charge in [-0.15, -0.1) is 0 Å². The minimum absolute atomic E-state index is 0.00231. The van der Waals surface area contributed by atoms with Crippen LogP contribution >= 0.6 is 0 Å². The number of hydrogen-bond acceptors (Lipinski definition) is 3. The fourth-order valence-corrected chi connectivity index (χ4v) is 1.47. The lowest BCUT2D eigenvalue weighted by Crippen LogP contribution is -2.39. The first kappa shape index (κ1) is 8.97. The lowest BCUT2D eigenvalue weighted by atomic mass is 9.88. The summed E-state index contributed by atoms with van der Waals surface area (Å²) < 4.78 is 5.14. The van der Waals surface area contributed by atoms with Gasteiger partial charge in [-0.2, -0.15) is 0 Å². The van der Waals surface area contributed by atoms with Gasteiger partial charge in [0.1, 0.15) is 5.60 Å². The van der Waals surface area contributed by atoms with Crippen molar-refractivity contribution in [2.75, 3.05) is 0 Å². The summed E-state index contributed by atoms with van der Waals surface area (Å²) in [6, 6.07) is 0. The van der Waals surface area contributed by atoms with Gasteiger partial charge in [0.15, 0.2) is 6.29 Å². The first-order valence-corrected chi connectivity index (χ1v) is 4.06. The second-order valence-electron chi connectivity index (χ2n) is 3.45. The van der Waals surface area contributed by atoms with Gasteiger partial charge in [0.25, 0.3) is 0 Å². The summed E-state index contributed by atoms with van der Waals surface area (Å²) in [5.74, 6) is 0.00231. The quantitative estimate of drug-likeness (QED) is 0.587. The standard InChI is InChI=1S/C8H16O3/c1-4-6-5(2)8(3,10)7(9)11-6/h5-7,9-10H,4H2,1-3H3/t5-,6?,7?,8-/m1/s1. The fraction of sp³-hybridized carbons (Fsp3) is 1.00. The molecule has 0 radical (unpaired) electrons. The second kappa shape index (κ2) is 2.73. The Morgan fingerprint density at radius 1 is 1.55 bits per heavy atom. The van der Waals surface area contributed by atoms with Gasteiger partial charge in [0.05, 0.1) is 6.10 Å². The summed E-state index contributed by atoms with van der Waals surface area (Å²) >= 11 is 0. The van der Waals surface area contributed by atoms with Crippen LogP contribution in [0.25, 0.3) is 0 Å². The zero-order valence-electron chi connectivity index (χ0n) is 7.24. The first-order valence-electron chi connectivity index (χ1n) is 4.06. The Balaban J connectivity index is 2.71. The van der Waals surface area contributed by atoms with Crippen LogP contribution in [0.15, 0.2) is 0 Å². The highest BCUT2D eigenvalue weighted by atomic mass is 16.6. The fourth-order valence-electron chi connectivity index (χ4n) is 1.47. The van der Waals surface area contributed by atoms with Crippen LogP contribution in [-0.2, 0) is 4.74 Å². The number of aliphatic hydroxyl groups excluding tert-OH is 1. The van der Waals surface area contributed by atoms with E-state index in [0.29, 0.717) is 0 Å². The highest BCUT2D eigenvalue weighted by molar-refractivity contribution is 4.92. The molecule has 1 rings (SSSR count). The Morgan fingerprint density at radius 3 is 2.27 bits per heavy atom. The zero-order valence-corrected chi connectivity index (χ0v) is 7.24. The van der Waals surface area contributed by atoms with Crippen LogP contribution in [0.1, 0.15) is 27.2 Å². The average molecular weight is 160 g/mol. The molecule has 1 aliphatic rings. The normalized spacial score (nSPS) is 51.5. The predicted molar refractivity (Wildman–Crippen MR) is 41.0 cm³/mol. The molecule has 2 unspecified atom stereocenters. The maximum absolute atomic E-state index is 9.66. The SMILES string of the molecule is CCC1OC(O)[C@](C)(O)[C@@H]1C. The largest absolute Gasteiger partial charge is 0.384 e. The van der Waals surface area contributed by atoms with E-state index in [-0.39, 0.29) is 12.0 Å². The Morgan fingerprint density at radius 2 is 2.09 bits per heavy atom. The molecule has 0 bridgehead atoms. The lowest BCUT2D eigenvalue weighted by Gasteiger charge is -2.23. The molecule has 2 N–H and O–H groups in total. The third-order valence-electron chi connectivity index (χ3n) is 2.69. The molecule has 1 saturated heterocycles. The van der Waals surface area contributed by atoms with E-state index in [0.717, 1.165) is 6.42 Å². The van der Waals surface area contributed by atoms with Crippen molar-refractivity contribution in [2.45, 2.75) is 45.2 Å². The van der Waals surface area contributed by atoms with Crippen LogP contribution in [0, 0.1) is 5.92 Å². The molecule has 1 fully saturated rings. The Hall–Kier alpha value is -0.120. The zero-order chi connectivity index (χ0) is 8.65. The smallest absolute Gasteiger partial charge is 0.184 e. The average Bonchev–Trinajstić information content (AvgIpc) is 2.14. The van der Waals surface area contributed by atoms with Crippen molar-refractivity contribution in [3.63, 3.8) is 0 Å². The number of ether oxygens (including phenoxy) is 1. The third-order valence-corrected chi connectivity index (χ3v) is 2.69. The van der Waals surface area contributed by atoms with Crippen molar-refractivity contribution < 1.29 is 14.9 Å². The Labute approximate surface area is 67.0 Å². The molecular weight excluding hydrogens is 144 g/mol. The van der Waals surface area contributed by atoms with E-state index < -0.39 is 11.9 Å². The predicted octanol–water partition coefficient (Wildman–Crippen LogP) is 0.501. The molecule has 11 heavy (non-hydrogen) atoms. The summed E-state index contributed by atoms with van der Waals surface area (Å²) in [6.45, 7) is 5.48. The van der Waals surface area contributed by atoms with E-state index >= 15 is 0 Å². The third kappa shape index (κ3) is 1.28. The number of aliphatic hydroxyl groups is 2. The van der Waals surface area contributed by atoms with E-state index in [4.69, 9.17) is 4.74 Å². The van der Waals surface area contributed by atoms with Gasteiger partial charge in [0.2, 0.25) is 0 Å². The molecule has 3 heteroatoms. The van der Waals surface area contributed by atoms with Crippen molar-refractivity contribution in [3.8, 4) is 0 Å². The van der Waals surface area contributed by atoms with E-state index in [2.05, 4.69) is 0 Å². The number of rotatable bonds is 1. The highest BCUT2D eigenvalue weighted by Gasteiger charge is 2.48. The van der Waals surface area contributed by atoms with Crippen LogP contribution in [0.5, 0.6) is 0 Å². The molecule has 3 nitrogen and oxygen atoms in total. The van der Waals surface area contributed by atoms with Crippen molar-refractivity contribution in [1.29, 1.82) is 0 Å². The highest BCUT2D eigenvalue weighted by Crippen LogP contribution is 2.35. The second-order valence-corrected chi connectivity index (χ2v) is 3.45. The number of hydrogen-bond donors (Lipinski definition) is 2. The molecule has 66 valence electrons. The van der Waals surface area contributed by atoms with Gasteiger partial charge >= 0.3 is 0 Å². The van der Waals surface area contributed by atoms with Gasteiger partial charge in [-0.1, -0.05) is 13.8 Å². The van der Waals surface area contributed by atoms with Crippen molar-refractivity contribution >= 4 is 0 Å². The van der Waals surface area contributed by atoms with Crippen LogP contribution in [-0.4, -0.2) is 28.2 Å². The topological polar surface area (TPSA) is 49.7 Å². The van der Waals surface area contributed by atoms with Crippen molar-refractivity contribution in [2.24, 2.45) is 5.92 Å². The molecule has 1 aliphatic heterocycles. The molecule has 0 spiro atoms. The van der Waals surface area contributed by atoms with Crippen LogP contribution in [0.3, 0.4) is 0 Å². The van der Waals surface area contributed by atoms with Gasteiger partial charge in [0, 0.05) is 5.92 Å². The summed E-state index contributed by atoms with van der Waals surface area (Å²) in [5.41, 5.74) is -1.08. The van der Waals surface area contributed by atoms with Crippen molar-refractivity contribution in [3.05, 3.63) is 0 Å².